The average molecular weight is 273 g/mol. The molecule has 18 heavy (non-hydrogen) atoms. The van der Waals surface area contributed by atoms with E-state index in [4.69, 9.17) is 4.18 Å². The van der Waals surface area contributed by atoms with Gasteiger partial charge in [0.15, 0.2) is 0 Å². The quantitative estimate of drug-likeness (QED) is 0.477. The summed E-state index contributed by atoms with van der Waals surface area (Å²) in [6, 6.07) is 4.79. The lowest BCUT2D eigenvalue weighted by atomic mass is 9.99. The molecule has 0 aliphatic carbocycles. The lowest BCUT2D eigenvalue weighted by molar-refractivity contribution is -0.385. The number of rotatable bonds is 4. The third-order valence-electron chi connectivity index (χ3n) is 1.96. The molecule has 0 radical (unpaired) electrons. The van der Waals surface area contributed by atoms with E-state index in [1.165, 1.54) is 18.2 Å². The van der Waals surface area contributed by atoms with E-state index in [0.717, 1.165) is 6.07 Å². The van der Waals surface area contributed by atoms with Crippen molar-refractivity contribution in [1.29, 1.82) is 0 Å². The molecule has 0 saturated carbocycles. The van der Waals surface area contributed by atoms with Gasteiger partial charge in [0, 0.05) is 12.1 Å². The minimum Gasteiger partial charge on any atom is -0.266 e. The van der Waals surface area contributed by atoms with E-state index >= 15 is 0 Å². The maximum absolute atomic E-state index is 11.8. The molecule has 7 heteroatoms. The topological polar surface area (TPSA) is 86.5 Å². The average Bonchev–Trinajstić information content (AvgIpc) is 2.26. The van der Waals surface area contributed by atoms with Crippen molar-refractivity contribution in [2.75, 3.05) is 6.61 Å². The second-order valence-electron chi connectivity index (χ2n) is 5.03. The molecule has 0 saturated heterocycles. The standard InChI is InChI=1S/C11H15NO5S/c1-11(2,3)8-17-18(15,16)10-6-4-5-9(7-10)12(13)14/h4-7H,8H2,1-3H3. The Morgan fingerprint density at radius 2 is 1.94 bits per heavy atom. The molecule has 0 atom stereocenters. The number of hydrogen-bond donors (Lipinski definition) is 0. The van der Waals surface area contributed by atoms with Gasteiger partial charge in [0.05, 0.1) is 11.5 Å². The van der Waals surface area contributed by atoms with Crippen LogP contribution in [0.5, 0.6) is 0 Å². The van der Waals surface area contributed by atoms with Crippen LogP contribution in [0.2, 0.25) is 0 Å². The highest BCUT2D eigenvalue weighted by molar-refractivity contribution is 7.86. The minimum absolute atomic E-state index is 0.0119. The van der Waals surface area contributed by atoms with Gasteiger partial charge in [0.25, 0.3) is 15.8 Å². The largest absolute Gasteiger partial charge is 0.297 e. The van der Waals surface area contributed by atoms with Gasteiger partial charge in [-0.05, 0) is 11.5 Å². The van der Waals surface area contributed by atoms with Crippen molar-refractivity contribution in [1.82, 2.24) is 0 Å². The van der Waals surface area contributed by atoms with E-state index in [2.05, 4.69) is 0 Å². The Labute approximate surface area is 106 Å². The molecule has 1 rings (SSSR count). The number of hydrogen-bond acceptors (Lipinski definition) is 5. The maximum Gasteiger partial charge on any atom is 0.297 e. The van der Waals surface area contributed by atoms with Crippen LogP contribution in [0.1, 0.15) is 20.8 Å². The third kappa shape index (κ3) is 4.08. The molecule has 0 fully saturated rings. The Kier molecular flexibility index (Phi) is 4.08. The smallest absolute Gasteiger partial charge is 0.266 e. The zero-order valence-corrected chi connectivity index (χ0v) is 11.2. The number of nitro groups is 1. The zero-order valence-electron chi connectivity index (χ0n) is 10.4. The summed E-state index contributed by atoms with van der Waals surface area (Å²) in [4.78, 5) is 9.71. The summed E-state index contributed by atoms with van der Waals surface area (Å²) < 4.78 is 28.5. The van der Waals surface area contributed by atoms with Crippen molar-refractivity contribution in [2.24, 2.45) is 5.41 Å². The Morgan fingerprint density at radius 1 is 1.33 bits per heavy atom. The highest BCUT2D eigenvalue weighted by Gasteiger charge is 2.21. The second kappa shape index (κ2) is 5.03. The van der Waals surface area contributed by atoms with Gasteiger partial charge in [-0.2, -0.15) is 8.42 Å². The zero-order chi connectivity index (χ0) is 14.0. The molecule has 6 nitrogen and oxygen atoms in total. The molecule has 0 aliphatic heterocycles. The van der Waals surface area contributed by atoms with E-state index in [0.29, 0.717) is 0 Å². The predicted molar refractivity (Wildman–Crippen MR) is 65.7 cm³/mol. The van der Waals surface area contributed by atoms with E-state index in [-0.39, 0.29) is 22.6 Å². The molecule has 0 aromatic heterocycles. The van der Waals surface area contributed by atoms with Crippen molar-refractivity contribution in [3.05, 3.63) is 34.4 Å². The van der Waals surface area contributed by atoms with E-state index in [1.54, 1.807) is 0 Å². The molecule has 0 spiro atoms. The van der Waals surface area contributed by atoms with Crippen LogP contribution in [0.25, 0.3) is 0 Å². The fourth-order valence-electron chi connectivity index (χ4n) is 1.07. The van der Waals surface area contributed by atoms with Crippen LogP contribution >= 0.6 is 0 Å². The fourth-order valence-corrected chi connectivity index (χ4v) is 2.23. The minimum atomic E-state index is -3.95. The summed E-state index contributed by atoms with van der Waals surface area (Å²) in [7, 11) is -3.95. The maximum atomic E-state index is 11.8. The van der Waals surface area contributed by atoms with Crippen LogP contribution < -0.4 is 0 Å². The molecule has 0 N–H and O–H groups in total. The molecular formula is C11H15NO5S. The van der Waals surface area contributed by atoms with Gasteiger partial charge < -0.3 is 0 Å². The van der Waals surface area contributed by atoms with Crippen LogP contribution in [0, 0.1) is 15.5 Å². The van der Waals surface area contributed by atoms with Crippen LogP contribution in [-0.4, -0.2) is 19.9 Å². The number of benzene rings is 1. The Hall–Kier alpha value is -1.47. The molecule has 0 unspecified atom stereocenters. The molecular weight excluding hydrogens is 258 g/mol. The molecule has 100 valence electrons. The van der Waals surface area contributed by atoms with Crippen LogP contribution in [0.15, 0.2) is 29.2 Å². The van der Waals surface area contributed by atoms with Crippen molar-refractivity contribution < 1.29 is 17.5 Å². The summed E-state index contributed by atoms with van der Waals surface area (Å²) >= 11 is 0. The fraction of sp³-hybridized carbons (Fsp3) is 0.455. The summed E-state index contributed by atoms with van der Waals surface area (Å²) in [6.45, 7) is 5.50. The van der Waals surface area contributed by atoms with Gasteiger partial charge in [0.2, 0.25) is 0 Å². The van der Waals surface area contributed by atoms with Crippen LogP contribution in [0.4, 0.5) is 5.69 Å². The monoisotopic (exact) mass is 273 g/mol. The predicted octanol–water partition coefficient (Wildman–Crippen LogP) is 2.35. The summed E-state index contributed by atoms with van der Waals surface area (Å²) in [6.07, 6.45) is 0. The highest BCUT2D eigenvalue weighted by Crippen LogP contribution is 2.21. The number of non-ortho nitro benzene ring substituents is 1. The first kappa shape index (κ1) is 14.6. The van der Waals surface area contributed by atoms with Crippen molar-refractivity contribution in [3.8, 4) is 0 Å². The molecule has 0 aliphatic rings. The van der Waals surface area contributed by atoms with E-state index in [9.17, 15) is 18.5 Å². The second-order valence-corrected chi connectivity index (χ2v) is 6.65. The third-order valence-corrected chi connectivity index (χ3v) is 3.22. The highest BCUT2D eigenvalue weighted by atomic mass is 32.2. The molecule has 0 bridgehead atoms. The van der Waals surface area contributed by atoms with Gasteiger partial charge in [-0.15, -0.1) is 0 Å². The first-order valence-corrected chi connectivity index (χ1v) is 6.66. The van der Waals surface area contributed by atoms with Gasteiger partial charge in [-0.25, -0.2) is 0 Å². The molecule has 0 heterocycles. The molecule has 1 aromatic rings. The molecule has 0 amide bonds. The summed E-state index contributed by atoms with van der Waals surface area (Å²) in [5.41, 5.74) is -0.594. The normalized spacial score (nSPS) is 12.4. The van der Waals surface area contributed by atoms with Crippen molar-refractivity contribution in [3.63, 3.8) is 0 Å². The van der Waals surface area contributed by atoms with Gasteiger partial charge in [0.1, 0.15) is 4.90 Å². The van der Waals surface area contributed by atoms with Crippen LogP contribution in [0.3, 0.4) is 0 Å². The number of nitrogens with zero attached hydrogens (tertiary/aromatic N) is 1. The first-order chi connectivity index (χ1) is 8.12. The van der Waals surface area contributed by atoms with Gasteiger partial charge in [-0.1, -0.05) is 26.8 Å². The summed E-state index contributed by atoms with van der Waals surface area (Å²) in [5.74, 6) is 0. The van der Waals surface area contributed by atoms with Crippen LogP contribution in [-0.2, 0) is 14.3 Å². The lowest BCUT2D eigenvalue weighted by Crippen LogP contribution is -2.18. The Morgan fingerprint density at radius 3 is 2.44 bits per heavy atom. The Bertz CT molecular complexity index is 545. The molecule has 1 aromatic carbocycles. The van der Waals surface area contributed by atoms with E-state index in [1.807, 2.05) is 20.8 Å². The van der Waals surface area contributed by atoms with Crippen molar-refractivity contribution >= 4 is 15.8 Å². The lowest BCUT2D eigenvalue weighted by Gasteiger charge is -2.17. The van der Waals surface area contributed by atoms with Gasteiger partial charge >= 0.3 is 0 Å². The SMILES string of the molecule is CC(C)(C)COS(=O)(=O)c1cccc([N+](=O)[O-])c1. The number of nitro benzene ring substituents is 1. The Balaban J connectivity index is 2.99. The van der Waals surface area contributed by atoms with Crippen molar-refractivity contribution in [2.45, 2.75) is 25.7 Å². The summed E-state index contributed by atoms with van der Waals surface area (Å²) in [5, 5.41) is 10.6. The first-order valence-electron chi connectivity index (χ1n) is 5.26. The van der Waals surface area contributed by atoms with Gasteiger partial charge in [-0.3, -0.25) is 14.3 Å². The van der Waals surface area contributed by atoms with E-state index < -0.39 is 15.0 Å².